The fourth-order valence-corrected chi connectivity index (χ4v) is 5.00. The summed E-state index contributed by atoms with van der Waals surface area (Å²) in [5.74, 6) is 0.410. The number of amides is 1. The van der Waals surface area contributed by atoms with Crippen LogP contribution >= 0.6 is 24.0 Å². The normalized spacial score (nSPS) is 24.3. The second-order valence-corrected chi connectivity index (χ2v) is 9.00. The van der Waals surface area contributed by atoms with E-state index in [1.807, 2.05) is 6.08 Å². The number of carbonyl (C=O) groups is 1. The van der Waals surface area contributed by atoms with Gasteiger partial charge < -0.3 is 10.2 Å². The van der Waals surface area contributed by atoms with Gasteiger partial charge in [-0.25, -0.2) is 0 Å². The number of fused-ring (bicyclic) bond motifs is 1. The number of rotatable bonds is 2. The molecule has 0 bridgehead atoms. The van der Waals surface area contributed by atoms with Crippen LogP contribution in [0.15, 0.2) is 17.0 Å². The highest BCUT2D eigenvalue weighted by atomic mass is 32.2. The molecule has 1 amide bonds. The van der Waals surface area contributed by atoms with Crippen molar-refractivity contribution in [2.45, 2.75) is 52.5 Å². The maximum Gasteiger partial charge on any atom is 0.263 e. The number of anilines is 1. The molecule has 2 heterocycles. The van der Waals surface area contributed by atoms with Crippen LogP contribution in [0.1, 0.15) is 56.7 Å². The van der Waals surface area contributed by atoms with Crippen LogP contribution < -0.4 is 10.2 Å². The van der Waals surface area contributed by atoms with Crippen LogP contribution in [0.4, 0.5) is 5.69 Å². The van der Waals surface area contributed by atoms with Crippen LogP contribution in [0.25, 0.3) is 6.08 Å². The third kappa shape index (κ3) is 3.00. The molecule has 3 rings (SSSR count). The maximum atomic E-state index is 11.9. The van der Waals surface area contributed by atoms with Gasteiger partial charge in [-0.1, -0.05) is 30.9 Å². The predicted molar refractivity (Wildman–Crippen MR) is 108 cm³/mol. The number of benzene rings is 1. The average Bonchev–Trinajstić information content (AvgIpc) is 2.78. The van der Waals surface area contributed by atoms with E-state index in [0.29, 0.717) is 15.1 Å². The second-order valence-electron chi connectivity index (χ2n) is 7.28. The van der Waals surface area contributed by atoms with Gasteiger partial charge in [0.2, 0.25) is 0 Å². The van der Waals surface area contributed by atoms with Crippen LogP contribution in [0.5, 0.6) is 0 Å². The Morgan fingerprint density at radius 1 is 1.46 bits per heavy atom. The molecule has 1 saturated heterocycles. The van der Waals surface area contributed by atoms with E-state index in [4.69, 9.17) is 12.2 Å². The quantitative estimate of drug-likeness (QED) is 0.617. The standard InChI is InChI=1S/C19H24N2OS2/c1-6-21-15-7-11(2)13(9-16-17(22)20-18(23)24-16)8-14(15)12(3)10-19(21,4)5/h7-9,12H,6,10H2,1-5H3,(H,20,22,23)/b16-9+. The molecule has 1 atom stereocenters. The van der Waals surface area contributed by atoms with Crippen molar-refractivity contribution in [3.8, 4) is 0 Å². The SMILES string of the molecule is CCN1c2cc(C)c(/C=C3/SC(=S)NC3=O)cc2C(C)CC1(C)C. The fourth-order valence-electron chi connectivity index (χ4n) is 3.97. The molecule has 1 aromatic carbocycles. The Hall–Kier alpha value is -1.33. The van der Waals surface area contributed by atoms with E-state index in [9.17, 15) is 4.79 Å². The summed E-state index contributed by atoms with van der Waals surface area (Å²) < 4.78 is 0.536. The van der Waals surface area contributed by atoms with Gasteiger partial charge in [0, 0.05) is 17.8 Å². The third-order valence-corrected chi connectivity index (χ3v) is 6.18. The average molecular weight is 361 g/mol. The Morgan fingerprint density at radius 2 is 2.17 bits per heavy atom. The fraction of sp³-hybridized carbons (Fsp3) is 0.474. The zero-order valence-corrected chi connectivity index (χ0v) is 16.5. The summed E-state index contributed by atoms with van der Waals surface area (Å²) >= 11 is 6.42. The van der Waals surface area contributed by atoms with Gasteiger partial charge in [-0.05, 0) is 74.9 Å². The van der Waals surface area contributed by atoms with Crippen molar-refractivity contribution in [1.82, 2.24) is 5.32 Å². The lowest BCUT2D eigenvalue weighted by Gasteiger charge is -2.47. The maximum absolute atomic E-state index is 11.9. The van der Waals surface area contributed by atoms with Gasteiger partial charge in [-0.2, -0.15) is 0 Å². The Kier molecular flexibility index (Phi) is 4.51. The van der Waals surface area contributed by atoms with Gasteiger partial charge in [-0.3, -0.25) is 4.79 Å². The Morgan fingerprint density at radius 3 is 2.75 bits per heavy atom. The van der Waals surface area contributed by atoms with Gasteiger partial charge in [-0.15, -0.1) is 0 Å². The van der Waals surface area contributed by atoms with Crippen molar-refractivity contribution in [2.75, 3.05) is 11.4 Å². The number of nitrogens with zero attached hydrogens (tertiary/aromatic N) is 1. The molecule has 3 nitrogen and oxygen atoms in total. The largest absolute Gasteiger partial charge is 0.366 e. The van der Waals surface area contributed by atoms with Crippen LogP contribution in [-0.4, -0.2) is 22.3 Å². The minimum Gasteiger partial charge on any atom is -0.366 e. The van der Waals surface area contributed by atoms with Gasteiger partial charge in [0.1, 0.15) is 4.32 Å². The van der Waals surface area contributed by atoms with Crippen LogP contribution in [0, 0.1) is 6.92 Å². The van der Waals surface area contributed by atoms with Gasteiger partial charge in [0.25, 0.3) is 5.91 Å². The molecule has 128 valence electrons. The highest BCUT2D eigenvalue weighted by Crippen LogP contribution is 2.44. The van der Waals surface area contributed by atoms with Crippen molar-refractivity contribution in [3.05, 3.63) is 33.7 Å². The first-order valence-electron chi connectivity index (χ1n) is 8.40. The number of nitrogens with one attached hydrogen (secondary N) is 1. The van der Waals surface area contributed by atoms with Crippen molar-refractivity contribution < 1.29 is 4.79 Å². The Labute approximate surface area is 153 Å². The molecule has 0 radical (unpaired) electrons. The smallest absolute Gasteiger partial charge is 0.263 e. The van der Waals surface area contributed by atoms with E-state index in [0.717, 1.165) is 18.5 Å². The number of thiocarbonyl (C=S) groups is 1. The number of aryl methyl sites for hydroxylation is 1. The molecule has 1 unspecified atom stereocenters. The Bertz CT molecular complexity index is 752. The first-order chi connectivity index (χ1) is 11.2. The first-order valence-corrected chi connectivity index (χ1v) is 9.62. The molecule has 2 aliphatic heterocycles. The molecule has 0 spiro atoms. The van der Waals surface area contributed by atoms with E-state index in [1.165, 1.54) is 28.6 Å². The molecule has 0 saturated carbocycles. The van der Waals surface area contributed by atoms with E-state index < -0.39 is 0 Å². The molecule has 1 fully saturated rings. The summed E-state index contributed by atoms with van der Waals surface area (Å²) in [5.41, 5.74) is 5.18. The molecular formula is C19H24N2OS2. The van der Waals surface area contributed by atoms with Crippen molar-refractivity contribution in [2.24, 2.45) is 0 Å². The molecule has 1 N–H and O–H groups in total. The van der Waals surface area contributed by atoms with E-state index in [-0.39, 0.29) is 11.4 Å². The van der Waals surface area contributed by atoms with E-state index in [1.54, 1.807) is 0 Å². The minimum absolute atomic E-state index is 0.0912. The highest BCUT2D eigenvalue weighted by Gasteiger charge is 2.35. The van der Waals surface area contributed by atoms with E-state index in [2.05, 4.69) is 57.0 Å². The molecule has 5 heteroatoms. The number of hydrogen-bond donors (Lipinski definition) is 1. The highest BCUT2D eigenvalue weighted by molar-refractivity contribution is 8.26. The molecule has 0 aliphatic carbocycles. The summed E-state index contributed by atoms with van der Waals surface area (Å²) in [5, 5.41) is 2.68. The molecule has 24 heavy (non-hydrogen) atoms. The zero-order valence-electron chi connectivity index (χ0n) is 14.9. The summed E-state index contributed by atoms with van der Waals surface area (Å²) in [6.45, 7) is 12.3. The third-order valence-electron chi connectivity index (χ3n) is 5.02. The Balaban J connectivity index is 2.08. The van der Waals surface area contributed by atoms with Crippen molar-refractivity contribution in [1.29, 1.82) is 0 Å². The van der Waals surface area contributed by atoms with Gasteiger partial charge >= 0.3 is 0 Å². The lowest BCUT2D eigenvalue weighted by atomic mass is 9.79. The van der Waals surface area contributed by atoms with Crippen LogP contribution in [-0.2, 0) is 4.79 Å². The number of carbonyl (C=O) groups excluding carboxylic acids is 1. The number of hydrogen-bond acceptors (Lipinski definition) is 4. The lowest BCUT2D eigenvalue weighted by molar-refractivity contribution is -0.115. The first kappa shape index (κ1) is 17.5. The van der Waals surface area contributed by atoms with Crippen molar-refractivity contribution >= 4 is 46.0 Å². The second kappa shape index (κ2) is 6.19. The minimum atomic E-state index is -0.0912. The van der Waals surface area contributed by atoms with E-state index >= 15 is 0 Å². The van der Waals surface area contributed by atoms with Crippen molar-refractivity contribution in [3.63, 3.8) is 0 Å². The molecule has 0 aromatic heterocycles. The summed E-state index contributed by atoms with van der Waals surface area (Å²) in [7, 11) is 0. The van der Waals surface area contributed by atoms with Crippen LogP contribution in [0.2, 0.25) is 0 Å². The molecular weight excluding hydrogens is 336 g/mol. The van der Waals surface area contributed by atoms with Gasteiger partial charge in [0.05, 0.1) is 4.91 Å². The lowest BCUT2D eigenvalue weighted by Crippen LogP contribution is -2.48. The topological polar surface area (TPSA) is 32.3 Å². The molecule has 1 aromatic rings. The summed E-state index contributed by atoms with van der Waals surface area (Å²) in [6, 6.07) is 4.54. The molecule has 2 aliphatic rings. The van der Waals surface area contributed by atoms with Crippen LogP contribution in [0.3, 0.4) is 0 Å². The predicted octanol–water partition coefficient (Wildman–Crippen LogP) is 4.60. The zero-order chi connectivity index (χ0) is 17.6. The summed E-state index contributed by atoms with van der Waals surface area (Å²) in [4.78, 5) is 15.1. The number of thioether (sulfide) groups is 1. The van der Waals surface area contributed by atoms with Gasteiger partial charge in [0.15, 0.2) is 0 Å². The summed E-state index contributed by atoms with van der Waals surface area (Å²) in [6.07, 6.45) is 3.10. The monoisotopic (exact) mass is 360 g/mol.